The van der Waals surface area contributed by atoms with Crippen molar-refractivity contribution < 1.29 is 13.2 Å². The van der Waals surface area contributed by atoms with E-state index in [4.69, 9.17) is 0 Å². The summed E-state index contributed by atoms with van der Waals surface area (Å²) in [6.07, 6.45) is -4.33. The topological polar surface area (TPSA) is 37.8 Å². The van der Waals surface area contributed by atoms with Gasteiger partial charge in [-0.1, -0.05) is 12.1 Å². The molecule has 21 heavy (non-hydrogen) atoms. The Kier molecular flexibility index (Phi) is 3.52. The van der Waals surface area contributed by atoms with Gasteiger partial charge >= 0.3 is 6.18 Å². The number of hydrogen-bond acceptors (Lipinski definition) is 4. The number of nitrogens with one attached hydrogen (secondary N) is 1. The summed E-state index contributed by atoms with van der Waals surface area (Å²) in [4.78, 5) is 8.88. The Bertz CT molecular complexity index is 668. The monoisotopic (exact) mass is 311 g/mol. The number of fused-ring (bicyclic) bond motifs is 1. The average molecular weight is 311 g/mol. The Hall–Kier alpha value is -1.76. The number of anilines is 1. The summed E-state index contributed by atoms with van der Waals surface area (Å²) in [5.41, 5.74) is 1.95. The van der Waals surface area contributed by atoms with E-state index in [1.165, 1.54) is 12.1 Å². The van der Waals surface area contributed by atoms with E-state index >= 15 is 0 Å². The molecule has 1 aromatic carbocycles. The highest BCUT2D eigenvalue weighted by Crippen LogP contribution is 2.35. The number of halogens is 3. The molecule has 2 heterocycles. The van der Waals surface area contributed by atoms with Gasteiger partial charge in [-0.15, -0.1) is 0 Å². The molecule has 0 bridgehead atoms. The van der Waals surface area contributed by atoms with Gasteiger partial charge in [0.1, 0.15) is 5.82 Å². The van der Waals surface area contributed by atoms with Gasteiger partial charge in [-0.2, -0.15) is 24.9 Å². The highest BCUT2D eigenvalue weighted by molar-refractivity contribution is 7.98. The smallest absolute Gasteiger partial charge is 0.373 e. The number of thioether (sulfide) groups is 1. The van der Waals surface area contributed by atoms with E-state index < -0.39 is 11.7 Å². The molecule has 0 amide bonds. The fourth-order valence-electron chi connectivity index (χ4n) is 2.20. The van der Waals surface area contributed by atoms with Crippen molar-refractivity contribution in [2.75, 3.05) is 12.4 Å². The number of benzene rings is 1. The van der Waals surface area contributed by atoms with Crippen molar-refractivity contribution in [2.45, 2.75) is 17.7 Å². The molecule has 7 heteroatoms. The van der Waals surface area contributed by atoms with Gasteiger partial charge in [-0.25, -0.2) is 9.97 Å². The minimum Gasteiger partial charge on any atom is -0.373 e. The molecule has 3 nitrogen and oxygen atoms in total. The molecule has 0 aliphatic carbocycles. The Morgan fingerprint density at radius 3 is 2.43 bits per heavy atom. The lowest BCUT2D eigenvalue weighted by Crippen LogP contribution is -2.05. The first-order valence-electron chi connectivity index (χ1n) is 6.32. The van der Waals surface area contributed by atoms with Gasteiger partial charge in [0.15, 0.2) is 5.82 Å². The van der Waals surface area contributed by atoms with Crippen LogP contribution in [0.3, 0.4) is 0 Å². The average Bonchev–Trinajstić information content (AvgIpc) is 2.93. The Labute approximate surface area is 124 Å². The summed E-state index contributed by atoms with van der Waals surface area (Å²) < 4.78 is 37.7. The van der Waals surface area contributed by atoms with Gasteiger partial charge in [-0.3, -0.25) is 0 Å². The van der Waals surface area contributed by atoms with Crippen LogP contribution in [0.15, 0.2) is 24.3 Å². The molecule has 1 aliphatic rings. The predicted molar refractivity (Wildman–Crippen MR) is 77.0 cm³/mol. The molecule has 1 aliphatic heterocycles. The fraction of sp³-hybridized carbons (Fsp3) is 0.286. The molecule has 1 aromatic heterocycles. The fourth-order valence-corrected chi connectivity index (χ4v) is 3.24. The van der Waals surface area contributed by atoms with Crippen LogP contribution in [0, 0.1) is 0 Å². The number of aromatic nitrogens is 2. The highest BCUT2D eigenvalue weighted by Gasteiger charge is 2.30. The summed E-state index contributed by atoms with van der Waals surface area (Å²) in [5.74, 6) is 2.87. The van der Waals surface area contributed by atoms with Crippen LogP contribution in [0.4, 0.5) is 19.0 Å². The van der Waals surface area contributed by atoms with Crippen LogP contribution in [-0.2, 0) is 17.7 Å². The van der Waals surface area contributed by atoms with Crippen LogP contribution in [0.25, 0.3) is 11.4 Å². The zero-order valence-corrected chi connectivity index (χ0v) is 12.0. The Morgan fingerprint density at radius 2 is 1.81 bits per heavy atom. The first-order valence-corrected chi connectivity index (χ1v) is 7.47. The second kappa shape index (κ2) is 5.22. The molecule has 0 saturated carbocycles. The molecule has 0 atom stereocenters. The van der Waals surface area contributed by atoms with Crippen molar-refractivity contribution in [3.05, 3.63) is 41.1 Å². The molecular formula is C14H12F3N3S. The SMILES string of the molecule is CNc1nc(-c2ccc(C(F)(F)F)cc2)nc2c1CSC2. The predicted octanol–water partition coefficient (Wildman–Crippen LogP) is 3.95. The van der Waals surface area contributed by atoms with Crippen LogP contribution < -0.4 is 5.32 Å². The molecule has 0 fully saturated rings. The summed E-state index contributed by atoms with van der Waals surface area (Å²) in [5, 5.41) is 3.03. The number of rotatable bonds is 2. The number of nitrogens with zero attached hydrogens (tertiary/aromatic N) is 2. The molecular weight excluding hydrogens is 299 g/mol. The minimum atomic E-state index is -4.33. The lowest BCUT2D eigenvalue weighted by Gasteiger charge is -2.10. The van der Waals surface area contributed by atoms with Crippen molar-refractivity contribution in [3.63, 3.8) is 0 Å². The third kappa shape index (κ3) is 2.70. The van der Waals surface area contributed by atoms with Crippen LogP contribution in [-0.4, -0.2) is 17.0 Å². The third-order valence-electron chi connectivity index (χ3n) is 3.29. The molecule has 0 spiro atoms. The molecule has 110 valence electrons. The molecule has 0 saturated heterocycles. The molecule has 1 N–H and O–H groups in total. The highest BCUT2D eigenvalue weighted by atomic mass is 32.2. The van der Waals surface area contributed by atoms with Crippen molar-refractivity contribution in [3.8, 4) is 11.4 Å². The van der Waals surface area contributed by atoms with E-state index in [1.807, 2.05) is 0 Å². The summed E-state index contributed by atoms with van der Waals surface area (Å²) >= 11 is 1.75. The van der Waals surface area contributed by atoms with E-state index in [0.29, 0.717) is 11.4 Å². The summed E-state index contributed by atoms with van der Waals surface area (Å²) in [6.45, 7) is 0. The third-order valence-corrected chi connectivity index (χ3v) is 4.26. The first-order chi connectivity index (χ1) is 9.99. The maximum absolute atomic E-state index is 12.6. The van der Waals surface area contributed by atoms with E-state index in [0.717, 1.165) is 40.7 Å². The zero-order valence-electron chi connectivity index (χ0n) is 11.2. The molecule has 2 aromatic rings. The van der Waals surface area contributed by atoms with Crippen LogP contribution in [0.5, 0.6) is 0 Å². The van der Waals surface area contributed by atoms with Crippen LogP contribution in [0.1, 0.15) is 16.8 Å². The van der Waals surface area contributed by atoms with E-state index in [9.17, 15) is 13.2 Å². The second-order valence-corrected chi connectivity index (χ2v) is 5.62. The second-order valence-electron chi connectivity index (χ2n) is 4.64. The maximum Gasteiger partial charge on any atom is 0.416 e. The first kappa shape index (κ1) is 14.2. The lowest BCUT2D eigenvalue weighted by molar-refractivity contribution is -0.137. The Balaban J connectivity index is 2.01. The van der Waals surface area contributed by atoms with Gasteiger partial charge in [0.2, 0.25) is 0 Å². The number of hydrogen-bond donors (Lipinski definition) is 1. The Morgan fingerprint density at radius 1 is 1.10 bits per heavy atom. The van der Waals surface area contributed by atoms with Crippen molar-refractivity contribution >= 4 is 17.6 Å². The van der Waals surface area contributed by atoms with Crippen LogP contribution >= 0.6 is 11.8 Å². The van der Waals surface area contributed by atoms with Gasteiger partial charge in [-0.05, 0) is 12.1 Å². The van der Waals surface area contributed by atoms with Gasteiger partial charge in [0.25, 0.3) is 0 Å². The van der Waals surface area contributed by atoms with E-state index in [2.05, 4.69) is 15.3 Å². The van der Waals surface area contributed by atoms with E-state index in [-0.39, 0.29) is 0 Å². The van der Waals surface area contributed by atoms with Crippen molar-refractivity contribution in [1.29, 1.82) is 0 Å². The quantitative estimate of drug-likeness (QED) is 0.911. The lowest BCUT2D eigenvalue weighted by atomic mass is 10.1. The normalized spacial score (nSPS) is 14.1. The standard InChI is InChI=1S/C14H12F3N3S/c1-18-13-10-6-21-7-11(10)19-12(20-13)8-2-4-9(5-3-8)14(15,16)17/h2-5H,6-7H2,1H3,(H,18,19,20). The molecule has 3 rings (SSSR count). The minimum absolute atomic E-state index is 0.453. The van der Waals surface area contributed by atoms with Crippen LogP contribution in [0.2, 0.25) is 0 Å². The summed E-state index contributed by atoms with van der Waals surface area (Å²) in [6, 6.07) is 4.93. The molecule has 0 unspecified atom stereocenters. The van der Waals surface area contributed by atoms with Gasteiger partial charge < -0.3 is 5.32 Å². The molecule has 0 radical (unpaired) electrons. The van der Waals surface area contributed by atoms with Crippen molar-refractivity contribution in [1.82, 2.24) is 9.97 Å². The largest absolute Gasteiger partial charge is 0.416 e. The zero-order chi connectivity index (χ0) is 15.0. The van der Waals surface area contributed by atoms with Gasteiger partial charge in [0, 0.05) is 29.7 Å². The summed E-state index contributed by atoms with van der Waals surface area (Å²) in [7, 11) is 1.78. The van der Waals surface area contributed by atoms with Crippen molar-refractivity contribution in [2.24, 2.45) is 0 Å². The van der Waals surface area contributed by atoms with E-state index in [1.54, 1.807) is 18.8 Å². The number of alkyl halides is 3. The van der Waals surface area contributed by atoms with Gasteiger partial charge in [0.05, 0.1) is 11.3 Å². The maximum atomic E-state index is 12.6.